The van der Waals surface area contributed by atoms with Gasteiger partial charge in [-0.2, -0.15) is 5.26 Å². The fourth-order valence-corrected chi connectivity index (χ4v) is 2.87. The van der Waals surface area contributed by atoms with Gasteiger partial charge in [-0.25, -0.2) is 8.78 Å². The number of pyridine rings is 1. The molecule has 1 aromatic heterocycles. The molecule has 1 aliphatic carbocycles. The van der Waals surface area contributed by atoms with Gasteiger partial charge in [-0.1, -0.05) is 6.07 Å². The van der Waals surface area contributed by atoms with Gasteiger partial charge in [0.1, 0.15) is 11.6 Å². The van der Waals surface area contributed by atoms with Crippen molar-refractivity contribution in [3.63, 3.8) is 0 Å². The fraction of sp³-hybridized carbons (Fsp3) is 0.294. The molecule has 0 saturated heterocycles. The number of nitrogens with one attached hydrogen (secondary N) is 1. The molecular weight excluding hydrogens is 284 g/mol. The van der Waals surface area contributed by atoms with Crippen LogP contribution in [0.25, 0.3) is 0 Å². The molecule has 0 unspecified atom stereocenters. The molecule has 3 nitrogen and oxygen atoms in total. The first-order valence-corrected chi connectivity index (χ1v) is 7.24. The van der Waals surface area contributed by atoms with Gasteiger partial charge in [-0.3, -0.25) is 4.98 Å². The van der Waals surface area contributed by atoms with Crippen LogP contribution in [0.5, 0.6) is 0 Å². The number of halogens is 2. The predicted molar refractivity (Wildman–Crippen MR) is 77.8 cm³/mol. The van der Waals surface area contributed by atoms with Gasteiger partial charge in [-0.05, 0) is 43.0 Å². The summed E-state index contributed by atoms with van der Waals surface area (Å²) in [5.41, 5.74) is 2.10. The zero-order valence-corrected chi connectivity index (χ0v) is 11.9. The van der Waals surface area contributed by atoms with E-state index in [2.05, 4.69) is 10.3 Å². The molecular formula is C17H15F2N3. The first kappa shape index (κ1) is 14.6. The highest BCUT2D eigenvalue weighted by molar-refractivity contribution is 5.34. The Balaban J connectivity index is 1.78. The van der Waals surface area contributed by atoms with Crippen molar-refractivity contribution < 1.29 is 8.78 Å². The average molecular weight is 299 g/mol. The maximum Gasteiger partial charge on any atom is 0.131 e. The van der Waals surface area contributed by atoms with Crippen molar-refractivity contribution >= 4 is 0 Å². The average Bonchev–Trinajstić information content (AvgIpc) is 2.54. The van der Waals surface area contributed by atoms with Crippen molar-refractivity contribution in [2.45, 2.75) is 31.8 Å². The summed E-state index contributed by atoms with van der Waals surface area (Å²) in [4.78, 5) is 4.39. The number of aromatic nitrogens is 1. The Labute approximate surface area is 127 Å². The minimum Gasteiger partial charge on any atom is -0.304 e. The van der Waals surface area contributed by atoms with Crippen molar-refractivity contribution in [1.29, 1.82) is 5.26 Å². The number of aryl methyl sites for hydroxylation is 1. The lowest BCUT2D eigenvalue weighted by Crippen LogP contribution is -2.26. The lowest BCUT2D eigenvalue weighted by Gasteiger charge is -2.25. The smallest absolute Gasteiger partial charge is 0.131 e. The van der Waals surface area contributed by atoms with E-state index < -0.39 is 11.6 Å². The molecule has 0 spiro atoms. The molecule has 0 bridgehead atoms. The van der Waals surface area contributed by atoms with E-state index in [4.69, 9.17) is 5.26 Å². The van der Waals surface area contributed by atoms with E-state index in [9.17, 15) is 8.78 Å². The molecule has 1 aromatic carbocycles. The summed E-state index contributed by atoms with van der Waals surface area (Å²) in [5.74, 6) is -1.39. The third-order valence-corrected chi connectivity index (χ3v) is 3.99. The summed E-state index contributed by atoms with van der Waals surface area (Å²) in [7, 11) is 0. The second-order valence-electron chi connectivity index (χ2n) is 5.40. The molecule has 0 aliphatic heterocycles. The largest absolute Gasteiger partial charge is 0.304 e. The predicted octanol–water partition coefficient (Wildman–Crippen LogP) is 3.40. The first-order valence-electron chi connectivity index (χ1n) is 7.24. The highest BCUT2D eigenvalue weighted by Crippen LogP contribution is 2.28. The molecule has 1 aliphatic rings. The molecule has 5 heteroatoms. The van der Waals surface area contributed by atoms with Crippen LogP contribution in [0.15, 0.2) is 30.5 Å². The van der Waals surface area contributed by atoms with Gasteiger partial charge in [0.25, 0.3) is 0 Å². The Hall–Kier alpha value is -2.32. The molecule has 1 heterocycles. The summed E-state index contributed by atoms with van der Waals surface area (Å²) in [5, 5.41) is 11.9. The van der Waals surface area contributed by atoms with E-state index in [0.717, 1.165) is 37.1 Å². The highest BCUT2D eigenvalue weighted by atomic mass is 19.1. The Morgan fingerprint density at radius 2 is 2.09 bits per heavy atom. The number of rotatable bonds is 3. The second kappa shape index (κ2) is 6.20. The van der Waals surface area contributed by atoms with Gasteiger partial charge in [0.2, 0.25) is 0 Å². The van der Waals surface area contributed by atoms with Gasteiger partial charge >= 0.3 is 0 Å². The number of fused-ring (bicyclic) bond motifs is 1. The molecule has 1 atom stereocenters. The van der Waals surface area contributed by atoms with Crippen LogP contribution in [0, 0.1) is 23.0 Å². The number of hydrogen-bond donors (Lipinski definition) is 1. The number of nitriles is 1. The minimum absolute atomic E-state index is 0.000562. The van der Waals surface area contributed by atoms with Gasteiger partial charge in [0.15, 0.2) is 0 Å². The van der Waals surface area contributed by atoms with E-state index in [1.807, 2.05) is 12.1 Å². The molecule has 2 aromatic rings. The van der Waals surface area contributed by atoms with Crippen molar-refractivity contribution in [1.82, 2.24) is 10.3 Å². The van der Waals surface area contributed by atoms with Crippen molar-refractivity contribution in [2.75, 3.05) is 0 Å². The molecule has 0 radical (unpaired) electrons. The molecule has 0 saturated carbocycles. The summed E-state index contributed by atoms with van der Waals surface area (Å²) in [6, 6.07) is 7.81. The monoisotopic (exact) mass is 299 g/mol. The van der Waals surface area contributed by atoms with Crippen LogP contribution in [0.3, 0.4) is 0 Å². The summed E-state index contributed by atoms with van der Waals surface area (Å²) in [6.07, 6.45) is 4.64. The van der Waals surface area contributed by atoms with Gasteiger partial charge in [0, 0.05) is 18.3 Å². The van der Waals surface area contributed by atoms with E-state index in [1.54, 1.807) is 12.3 Å². The zero-order chi connectivity index (χ0) is 15.5. The SMILES string of the molecule is N#Cc1cc(F)c(CN[C@@H]2CCCc3cccnc32)c(F)c1. The van der Waals surface area contributed by atoms with Crippen molar-refractivity contribution in [3.8, 4) is 6.07 Å². The quantitative estimate of drug-likeness (QED) is 0.945. The van der Waals surface area contributed by atoms with Crippen LogP contribution < -0.4 is 5.32 Å². The maximum atomic E-state index is 13.9. The van der Waals surface area contributed by atoms with Crippen LogP contribution in [-0.4, -0.2) is 4.98 Å². The van der Waals surface area contributed by atoms with E-state index >= 15 is 0 Å². The molecule has 1 N–H and O–H groups in total. The lowest BCUT2D eigenvalue weighted by molar-refractivity contribution is 0.433. The molecule has 0 fully saturated rings. The minimum atomic E-state index is -0.693. The van der Waals surface area contributed by atoms with Crippen molar-refractivity contribution in [2.24, 2.45) is 0 Å². The Morgan fingerprint density at radius 1 is 1.32 bits per heavy atom. The summed E-state index contributed by atoms with van der Waals surface area (Å²) in [6.45, 7) is 0.0735. The van der Waals surface area contributed by atoms with E-state index in [0.29, 0.717) is 0 Å². The van der Waals surface area contributed by atoms with Gasteiger partial charge in [-0.15, -0.1) is 0 Å². The van der Waals surface area contributed by atoms with Gasteiger partial charge in [0.05, 0.1) is 23.4 Å². The molecule has 22 heavy (non-hydrogen) atoms. The van der Waals surface area contributed by atoms with Crippen LogP contribution in [0.4, 0.5) is 8.78 Å². The first-order chi connectivity index (χ1) is 10.7. The topological polar surface area (TPSA) is 48.7 Å². The number of nitrogens with zero attached hydrogens (tertiary/aromatic N) is 2. The molecule has 0 amide bonds. The zero-order valence-electron chi connectivity index (χ0n) is 11.9. The fourth-order valence-electron chi connectivity index (χ4n) is 2.87. The van der Waals surface area contributed by atoms with E-state index in [-0.39, 0.29) is 23.7 Å². The third-order valence-electron chi connectivity index (χ3n) is 3.99. The molecule has 3 rings (SSSR count). The number of hydrogen-bond acceptors (Lipinski definition) is 3. The second-order valence-corrected chi connectivity index (χ2v) is 5.40. The maximum absolute atomic E-state index is 13.9. The summed E-state index contributed by atoms with van der Waals surface area (Å²) < 4.78 is 27.8. The number of benzene rings is 1. The Kier molecular flexibility index (Phi) is 4.12. The standard InChI is InChI=1S/C17H15F2N3/c18-14-7-11(9-20)8-15(19)13(14)10-22-16-5-1-3-12-4-2-6-21-17(12)16/h2,4,6-8,16,22H,1,3,5,10H2/t16-/m1/s1. The van der Waals surface area contributed by atoms with Gasteiger partial charge < -0.3 is 5.32 Å². The van der Waals surface area contributed by atoms with Crippen LogP contribution in [0.2, 0.25) is 0 Å². The van der Waals surface area contributed by atoms with Crippen LogP contribution in [0.1, 0.15) is 41.3 Å². The Bertz CT molecular complexity index is 714. The van der Waals surface area contributed by atoms with E-state index in [1.165, 1.54) is 5.56 Å². The summed E-state index contributed by atoms with van der Waals surface area (Å²) >= 11 is 0. The van der Waals surface area contributed by atoms with Crippen LogP contribution in [-0.2, 0) is 13.0 Å². The Morgan fingerprint density at radius 3 is 2.82 bits per heavy atom. The molecule has 112 valence electrons. The third kappa shape index (κ3) is 2.83. The van der Waals surface area contributed by atoms with Crippen LogP contribution >= 0.6 is 0 Å². The van der Waals surface area contributed by atoms with Crippen molar-refractivity contribution in [3.05, 3.63) is 64.5 Å². The highest BCUT2D eigenvalue weighted by Gasteiger charge is 2.21. The normalized spacial score (nSPS) is 16.9. The lowest BCUT2D eigenvalue weighted by atomic mass is 9.92.